The van der Waals surface area contributed by atoms with E-state index < -0.39 is 18.1 Å². The summed E-state index contributed by atoms with van der Waals surface area (Å²) in [5.41, 5.74) is 1.44. The molecule has 4 rings (SSSR count). The number of fused-ring (bicyclic) bond motifs is 1. The van der Waals surface area contributed by atoms with E-state index >= 15 is 0 Å². The third-order valence-electron chi connectivity index (χ3n) is 5.45. The topological polar surface area (TPSA) is 83.0 Å². The largest absolute Gasteiger partial charge is 0.471 e. The summed E-state index contributed by atoms with van der Waals surface area (Å²) in [6, 6.07) is 4.87. The molecule has 2 aromatic heterocycles. The van der Waals surface area contributed by atoms with Crippen molar-refractivity contribution in [2.24, 2.45) is 0 Å². The van der Waals surface area contributed by atoms with Gasteiger partial charge >= 0.3 is 12.1 Å². The van der Waals surface area contributed by atoms with E-state index in [1.54, 1.807) is 24.4 Å². The molecule has 0 saturated carbocycles. The van der Waals surface area contributed by atoms with Crippen LogP contribution in [0.1, 0.15) is 24.1 Å². The standard InChI is InChI=1S/C18H20F3N5O2/c19-18(20,21)17(28)23-11-6-8-25(10-11)12-4-5-14-13(9-12)16(27)26(24-14)15-3-1-2-7-22-15/h1-3,7,11-12,24H,4-6,8-10H2,(H,23,28). The fraction of sp³-hybridized carbons (Fsp3) is 0.500. The number of nitrogens with zero attached hydrogens (tertiary/aromatic N) is 3. The highest BCUT2D eigenvalue weighted by atomic mass is 19.4. The summed E-state index contributed by atoms with van der Waals surface area (Å²) >= 11 is 0. The summed E-state index contributed by atoms with van der Waals surface area (Å²) in [5.74, 6) is -1.37. The summed E-state index contributed by atoms with van der Waals surface area (Å²) in [6.07, 6.45) is -0.764. The lowest BCUT2D eigenvalue weighted by molar-refractivity contribution is -0.174. The van der Waals surface area contributed by atoms with Crippen LogP contribution in [0.5, 0.6) is 0 Å². The normalized spacial score (nSPS) is 22.8. The minimum absolute atomic E-state index is 0.0703. The first kappa shape index (κ1) is 18.7. The lowest BCUT2D eigenvalue weighted by atomic mass is 9.92. The van der Waals surface area contributed by atoms with Crippen LogP contribution in [0.3, 0.4) is 0 Å². The highest BCUT2D eigenvalue weighted by Gasteiger charge is 2.41. The average Bonchev–Trinajstić information content (AvgIpc) is 3.26. The summed E-state index contributed by atoms with van der Waals surface area (Å²) in [5, 5.41) is 5.18. The number of aromatic amines is 1. The van der Waals surface area contributed by atoms with Gasteiger partial charge in [-0.25, -0.2) is 9.67 Å². The number of rotatable bonds is 3. The van der Waals surface area contributed by atoms with E-state index in [-0.39, 0.29) is 11.6 Å². The number of hydrogen-bond acceptors (Lipinski definition) is 4. The number of carbonyl (C=O) groups excluding carboxylic acids is 1. The predicted octanol–water partition coefficient (Wildman–Crippen LogP) is 1.17. The molecule has 2 unspecified atom stereocenters. The van der Waals surface area contributed by atoms with Crippen LogP contribution >= 0.6 is 0 Å². The van der Waals surface area contributed by atoms with E-state index in [9.17, 15) is 22.8 Å². The van der Waals surface area contributed by atoms with E-state index in [1.165, 1.54) is 4.68 Å². The molecule has 1 amide bonds. The molecule has 2 aliphatic rings. The quantitative estimate of drug-likeness (QED) is 0.818. The van der Waals surface area contributed by atoms with Crippen molar-refractivity contribution in [1.82, 2.24) is 25.0 Å². The molecule has 1 aliphatic heterocycles. The van der Waals surface area contributed by atoms with E-state index in [1.807, 2.05) is 0 Å². The van der Waals surface area contributed by atoms with E-state index in [0.29, 0.717) is 43.7 Å². The van der Waals surface area contributed by atoms with Crippen molar-refractivity contribution in [3.63, 3.8) is 0 Å². The number of amides is 1. The van der Waals surface area contributed by atoms with Gasteiger partial charge in [0.25, 0.3) is 5.56 Å². The summed E-state index contributed by atoms with van der Waals surface area (Å²) in [6.45, 7) is 0.961. The number of pyridine rings is 1. The van der Waals surface area contributed by atoms with Gasteiger partial charge in [-0.2, -0.15) is 13.2 Å². The van der Waals surface area contributed by atoms with Gasteiger partial charge in [-0.3, -0.25) is 19.6 Å². The Hall–Kier alpha value is -2.62. The molecule has 1 fully saturated rings. The molecule has 1 saturated heterocycles. The molecule has 0 aromatic carbocycles. The van der Waals surface area contributed by atoms with Gasteiger partial charge in [-0.05, 0) is 37.8 Å². The second-order valence-corrected chi connectivity index (χ2v) is 7.25. The van der Waals surface area contributed by atoms with Gasteiger partial charge in [0.05, 0.1) is 0 Å². The third kappa shape index (κ3) is 3.56. The van der Waals surface area contributed by atoms with Crippen molar-refractivity contribution in [2.75, 3.05) is 13.1 Å². The molecule has 10 heteroatoms. The number of aromatic nitrogens is 3. The van der Waals surface area contributed by atoms with E-state index in [4.69, 9.17) is 0 Å². The van der Waals surface area contributed by atoms with Gasteiger partial charge in [-0.1, -0.05) is 6.07 Å². The predicted molar refractivity (Wildman–Crippen MR) is 94.2 cm³/mol. The van der Waals surface area contributed by atoms with Crippen LogP contribution in [0.2, 0.25) is 0 Å². The fourth-order valence-corrected chi connectivity index (χ4v) is 4.05. The Balaban J connectivity index is 1.44. The van der Waals surface area contributed by atoms with Crippen molar-refractivity contribution in [3.05, 3.63) is 46.0 Å². The number of likely N-dealkylation sites (tertiary alicyclic amines) is 1. The number of H-pyrrole nitrogens is 1. The molecule has 0 radical (unpaired) electrons. The van der Waals surface area contributed by atoms with Crippen LogP contribution in [0.4, 0.5) is 13.2 Å². The Kier molecular flexibility index (Phi) is 4.74. The van der Waals surface area contributed by atoms with Crippen LogP contribution in [-0.2, 0) is 17.6 Å². The molecule has 2 atom stereocenters. The van der Waals surface area contributed by atoms with Crippen LogP contribution in [0, 0.1) is 0 Å². The van der Waals surface area contributed by atoms with Crippen LogP contribution in [0.15, 0.2) is 29.2 Å². The zero-order chi connectivity index (χ0) is 19.9. The highest BCUT2D eigenvalue weighted by Crippen LogP contribution is 2.25. The molecule has 1 aliphatic carbocycles. The van der Waals surface area contributed by atoms with Crippen LogP contribution in [0.25, 0.3) is 5.82 Å². The molecule has 3 heterocycles. The number of halogens is 3. The molecule has 28 heavy (non-hydrogen) atoms. The van der Waals surface area contributed by atoms with Crippen molar-refractivity contribution >= 4 is 5.91 Å². The lowest BCUT2D eigenvalue weighted by Crippen LogP contribution is -2.46. The van der Waals surface area contributed by atoms with Crippen LogP contribution < -0.4 is 10.9 Å². The Bertz CT molecular complexity index is 922. The van der Waals surface area contributed by atoms with Crippen molar-refractivity contribution in [1.29, 1.82) is 0 Å². The van der Waals surface area contributed by atoms with E-state index in [0.717, 1.165) is 12.1 Å². The van der Waals surface area contributed by atoms with Gasteiger partial charge in [-0.15, -0.1) is 0 Å². The molecule has 2 N–H and O–H groups in total. The number of nitrogens with one attached hydrogen (secondary N) is 2. The zero-order valence-corrected chi connectivity index (χ0v) is 15.0. The number of hydrogen-bond donors (Lipinski definition) is 2. The maximum atomic E-state index is 12.8. The van der Waals surface area contributed by atoms with Gasteiger partial charge in [0.2, 0.25) is 0 Å². The zero-order valence-electron chi connectivity index (χ0n) is 15.0. The van der Waals surface area contributed by atoms with Gasteiger partial charge in [0.1, 0.15) is 0 Å². The molecular formula is C18H20F3N5O2. The second-order valence-electron chi connectivity index (χ2n) is 7.25. The number of alkyl halides is 3. The highest BCUT2D eigenvalue weighted by molar-refractivity contribution is 5.82. The monoisotopic (exact) mass is 395 g/mol. The molecule has 0 spiro atoms. The van der Waals surface area contributed by atoms with Gasteiger partial charge in [0.15, 0.2) is 5.82 Å². The van der Waals surface area contributed by atoms with Gasteiger partial charge in [0, 0.05) is 42.6 Å². The Morgan fingerprint density at radius 3 is 2.82 bits per heavy atom. The van der Waals surface area contributed by atoms with Crippen molar-refractivity contribution < 1.29 is 18.0 Å². The minimum Gasteiger partial charge on any atom is -0.344 e. The van der Waals surface area contributed by atoms with Crippen molar-refractivity contribution in [3.8, 4) is 5.82 Å². The first-order valence-corrected chi connectivity index (χ1v) is 9.19. The molecule has 0 bridgehead atoms. The first-order chi connectivity index (χ1) is 13.3. The molecule has 7 nitrogen and oxygen atoms in total. The molecule has 2 aromatic rings. The first-order valence-electron chi connectivity index (χ1n) is 9.19. The third-order valence-corrected chi connectivity index (χ3v) is 5.45. The summed E-state index contributed by atoms with van der Waals surface area (Å²) in [4.78, 5) is 30.2. The van der Waals surface area contributed by atoms with Gasteiger partial charge < -0.3 is 5.32 Å². The SMILES string of the molecule is O=C(NC1CCN(C2CCc3[nH]n(-c4ccccn4)c(=O)c3C2)C1)C(F)(F)F. The average molecular weight is 395 g/mol. The molecule has 150 valence electrons. The van der Waals surface area contributed by atoms with Crippen molar-refractivity contribution in [2.45, 2.75) is 43.9 Å². The second kappa shape index (κ2) is 7.08. The minimum atomic E-state index is -4.87. The number of carbonyl (C=O) groups is 1. The Morgan fingerprint density at radius 2 is 2.11 bits per heavy atom. The Labute approximate surface area is 158 Å². The fourth-order valence-electron chi connectivity index (χ4n) is 4.05. The van der Waals surface area contributed by atoms with E-state index in [2.05, 4.69) is 20.3 Å². The summed E-state index contributed by atoms with van der Waals surface area (Å²) < 4.78 is 38.7. The maximum absolute atomic E-state index is 12.8. The smallest absolute Gasteiger partial charge is 0.344 e. The Morgan fingerprint density at radius 1 is 1.29 bits per heavy atom. The molecular weight excluding hydrogens is 375 g/mol. The summed E-state index contributed by atoms with van der Waals surface area (Å²) in [7, 11) is 0. The lowest BCUT2D eigenvalue weighted by Gasteiger charge is -2.30. The number of aryl methyl sites for hydroxylation is 1. The maximum Gasteiger partial charge on any atom is 0.471 e. The van der Waals surface area contributed by atoms with Crippen LogP contribution in [-0.4, -0.2) is 56.9 Å².